The van der Waals surface area contributed by atoms with Gasteiger partial charge in [-0.05, 0) is 25.1 Å². The van der Waals surface area contributed by atoms with Gasteiger partial charge >= 0.3 is 0 Å². The number of likely N-dealkylation sites (N-methyl/N-ethyl adjacent to an activating group) is 1. The van der Waals surface area contributed by atoms with Gasteiger partial charge in [0.1, 0.15) is 0 Å². The third-order valence-corrected chi connectivity index (χ3v) is 2.99. The molecule has 0 aliphatic carbocycles. The Morgan fingerprint density at radius 1 is 1.33 bits per heavy atom. The van der Waals surface area contributed by atoms with Crippen LogP contribution in [0.25, 0.3) is 0 Å². The number of rotatable bonds is 8. The van der Waals surface area contributed by atoms with Crippen molar-refractivity contribution in [1.82, 2.24) is 10.6 Å². The summed E-state index contributed by atoms with van der Waals surface area (Å²) in [6.45, 7) is 5.87. The SMILES string of the molecule is CNCCNC(=O)c1cc(Cl)c(OCC(C)C)c(OC)c1. The average Bonchev–Trinajstić information content (AvgIpc) is 2.45. The first-order chi connectivity index (χ1) is 9.99. The first-order valence-electron chi connectivity index (χ1n) is 6.92. The lowest BCUT2D eigenvalue weighted by Crippen LogP contribution is -2.30. The molecule has 0 aromatic heterocycles. The third-order valence-electron chi connectivity index (χ3n) is 2.71. The Morgan fingerprint density at radius 2 is 2.05 bits per heavy atom. The predicted molar refractivity (Wildman–Crippen MR) is 84.6 cm³/mol. The van der Waals surface area contributed by atoms with Gasteiger partial charge in [-0.25, -0.2) is 0 Å². The number of hydrogen-bond acceptors (Lipinski definition) is 4. The highest BCUT2D eigenvalue weighted by molar-refractivity contribution is 6.32. The molecule has 0 aliphatic heterocycles. The molecule has 5 nitrogen and oxygen atoms in total. The van der Waals surface area contributed by atoms with Crippen LogP contribution in [0.3, 0.4) is 0 Å². The van der Waals surface area contributed by atoms with Crippen LogP contribution in [0.2, 0.25) is 5.02 Å². The number of nitrogens with one attached hydrogen (secondary N) is 2. The summed E-state index contributed by atoms with van der Waals surface area (Å²) in [4.78, 5) is 12.0. The molecule has 21 heavy (non-hydrogen) atoms. The zero-order valence-corrected chi connectivity index (χ0v) is 13.7. The minimum Gasteiger partial charge on any atom is -0.493 e. The highest BCUT2D eigenvalue weighted by Gasteiger charge is 2.16. The molecular formula is C15H23ClN2O3. The van der Waals surface area contributed by atoms with Gasteiger partial charge in [-0.15, -0.1) is 0 Å². The topological polar surface area (TPSA) is 59.6 Å². The van der Waals surface area contributed by atoms with Crippen LogP contribution in [0, 0.1) is 5.92 Å². The normalized spacial score (nSPS) is 10.6. The van der Waals surface area contributed by atoms with Crippen molar-refractivity contribution in [2.75, 3.05) is 33.9 Å². The van der Waals surface area contributed by atoms with Crippen LogP contribution in [0.4, 0.5) is 0 Å². The third kappa shape index (κ3) is 5.44. The molecule has 0 bridgehead atoms. The smallest absolute Gasteiger partial charge is 0.251 e. The predicted octanol–water partition coefficient (Wildman–Crippen LogP) is 2.33. The number of carbonyl (C=O) groups excluding carboxylic acids is 1. The highest BCUT2D eigenvalue weighted by Crippen LogP contribution is 2.36. The monoisotopic (exact) mass is 314 g/mol. The zero-order valence-electron chi connectivity index (χ0n) is 13.0. The number of hydrogen-bond donors (Lipinski definition) is 2. The summed E-state index contributed by atoms with van der Waals surface area (Å²) in [6, 6.07) is 3.23. The summed E-state index contributed by atoms with van der Waals surface area (Å²) < 4.78 is 10.9. The molecule has 0 aliphatic rings. The fraction of sp³-hybridized carbons (Fsp3) is 0.533. The molecule has 0 atom stereocenters. The standard InChI is InChI=1S/C15H23ClN2O3/c1-10(2)9-21-14-12(16)7-11(8-13(14)20-4)15(19)18-6-5-17-3/h7-8,10,17H,5-6,9H2,1-4H3,(H,18,19). The minimum atomic E-state index is -0.194. The second-order valence-electron chi connectivity index (χ2n) is 5.05. The summed E-state index contributed by atoms with van der Waals surface area (Å²) in [5.74, 6) is 1.11. The van der Waals surface area contributed by atoms with Crippen molar-refractivity contribution in [3.05, 3.63) is 22.7 Å². The van der Waals surface area contributed by atoms with E-state index in [0.29, 0.717) is 47.7 Å². The number of methoxy groups -OCH3 is 1. The molecule has 6 heteroatoms. The number of ether oxygens (including phenoxy) is 2. The van der Waals surface area contributed by atoms with Crippen molar-refractivity contribution in [3.63, 3.8) is 0 Å². The number of halogens is 1. The van der Waals surface area contributed by atoms with Crippen LogP contribution >= 0.6 is 11.6 Å². The van der Waals surface area contributed by atoms with Gasteiger partial charge in [0.15, 0.2) is 11.5 Å². The molecule has 118 valence electrons. The second-order valence-corrected chi connectivity index (χ2v) is 5.46. The van der Waals surface area contributed by atoms with Crippen molar-refractivity contribution in [2.24, 2.45) is 5.92 Å². The van der Waals surface area contributed by atoms with Crippen molar-refractivity contribution in [2.45, 2.75) is 13.8 Å². The van der Waals surface area contributed by atoms with Crippen LogP contribution in [-0.2, 0) is 0 Å². The first kappa shape index (κ1) is 17.6. The number of carbonyl (C=O) groups is 1. The van der Waals surface area contributed by atoms with Crippen molar-refractivity contribution >= 4 is 17.5 Å². The van der Waals surface area contributed by atoms with E-state index in [9.17, 15) is 4.79 Å². The lowest BCUT2D eigenvalue weighted by Gasteiger charge is -2.15. The van der Waals surface area contributed by atoms with Gasteiger partial charge in [-0.2, -0.15) is 0 Å². The second kappa shape index (κ2) is 8.74. The van der Waals surface area contributed by atoms with E-state index in [2.05, 4.69) is 10.6 Å². The van der Waals surface area contributed by atoms with E-state index in [1.165, 1.54) is 7.11 Å². The van der Waals surface area contributed by atoms with Crippen molar-refractivity contribution < 1.29 is 14.3 Å². The Hall–Kier alpha value is -1.46. The Morgan fingerprint density at radius 3 is 2.62 bits per heavy atom. The maximum Gasteiger partial charge on any atom is 0.251 e. The maximum atomic E-state index is 12.0. The molecule has 0 fully saturated rings. The molecule has 0 heterocycles. The van der Waals surface area contributed by atoms with Crippen LogP contribution in [0.5, 0.6) is 11.5 Å². The molecule has 2 N–H and O–H groups in total. The average molecular weight is 315 g/mol. The van der Waals surface area contributed by atoms with Gasteiger partial charge in [0.25, 0.3) is 5.91 Å². The lowest BCUT2D eigenvalue weighted by molar-refractivity contribution is 0.0953. The summed E-state index contributed by atoms with van der Waals surface area (Å²) in [6.07, 6.45) is 0. The molecule has 0 saturated heterocycles. The van der Waals surface area contributed by atoms with Gasteiger partial charge < -0.3 is 20.1 Å². The van der Waals surface area contributed by atoms with Crippen molar-refractivity contribution in [3.8, 4) is 11.5 Å². The van der Waals surface area contributed by atoms with Gasteiger partial charge in [-0.3, -0.25) is 4.79 Å². The van der Waals surface area contributed by atoms with Gasteiger partial charge in [0.05, 0.1) is 18.7 Å². The van der Waals surface area contributed by atoms with Gasteiger partial charge in [0, 0.05) is 18.7 Å². The molecule has 0 saturated carbocycles. The van der Waals surface area contributed by atoms with E-state index in [4.69, 9.17) is 21.1 Å². The molecule has 0 radical (unpaired) electrons. The highest BCUT2D eigenvalue weighted by atomic mass is 35.5. The largest absolute Gasteiger partial charge is 0.493 e. The van der Waals surface area contributed by atoms with Crippen molar-refractivity contribution in [1.29, 1.82) is 0 Å². The Balaban J connectivity index is 2.89. The summed E-state index contributed by atoms with van der Waals surface area (Å²) in [5, 5.41) is 6.12. The summed E-state index contributed by atoms with van der Waals surface area (Å²) in [5.41, 5.74) is 0.449. The van der Waals surface area contributed by atoms with Crippen LogP contribution < -0.4 is 20.1 Å². The van der Waals surface area contributed by atoms with E-state index in [0.717, 1.165) is 0 Å². The lowest BCUT2D eigenvalue weighted by atomic mass is 10.2. The van der Waals surface area contributed by atoms with E-state index < -0.39 is 0 Å². The molecule has 1 rings (SSSR count). The van der Waals surface area contributed by atoms with Gasteiger partial charge in [0.2, 0.25) is 0 Å². The van der Waals surface area contributed by atoms with E-state index >= 15 is 0 Å². The van der Waals surface area contributed by atoms with E-state index in [-0.39, 0.29) is 5.91 Å². The molecule has 1 aromatic rings. The Bertz CT molecular complexity index is 478. The summed E-state index contributed by atoms with van der Waals surface area (Å²) >= 11 is 6.20. The summed E-state index contributed by atoms with van der Waals surface area (Å²) in [7, 11) is 3.35. The Labute approximate surface area is 131 Å². The quantitative estimate of drug-likeness (QED) is 0.723. The first-order valence-corrected chi connectivity index (χ1v) is 7.30. The molecule has 0 unspecified atom stereocenters. The number of amides is 1. The van der Waals surface area contributed by atoms with E-state index in [1.54, 1.807) is 12.1 Å². The van der Waals surface area contributed by atoms with Gasteiger partial charge in [-0.1, -0.05) is 25.4 Å². The fourth-order valence-corrected chi connectivity index (χ4v) is 1.91. The number of benzene rings is 1. The van der Waals surface area contributed by atoms with Crippen LogP contribution in [-0.4, -0.2) is 39.8 Å². The zero-order chi connectivity index (χ0) is 15.8. The molecule has 1 amide bonds. The Kier molecular flexibility index (Phi) is 7.32. The van der Waals surface area contributed by atoms with Crippen LogP contribution in [0.1, 0.15) is 24.2 Å². The minimum absolute atomic E-state index is 0.194. The molecule has 1 aromatic carbocycles. The fourth-order valence-electron chi connectivity index (χ4n) is 1.64. The van der Waals surface area contributed by atoms with E-state index in [1.807, 2.05) is 20.9 Å². The molecular weight excluding hydrogens is 292 g/mol. The molecule has 0 spiro atoms. The van der Waals surface area contributed by atoms with Crippen LogP contribution in [0.15, 0.2) is 12.1 Å². The maximum absolute atomic E-state index is 12.0.